The number of aryl methyl sites for hydroxylation is 1. The maximum atomic E-state index is 6.00. The quantitative estimate of drug-likeness (QED) is 0.533. The highest BCUT2D eigenvalue weighted by molar-refractivity contribution is 7.16. The monoisotopic (exact) mass is 238 g/mol. The minimum Gasteiger partial charge on any atom is -0.488 e. The van der Waals surface area contributed by atoms with Crippen molar-refractivity contribution in [2.24, 2.45) is 0 Å². The number of hydrogen-bond donors (Lipinski definition) is 0. The second-order valence-corrected chi connectivity index (χ2v) is 5.50. The van der Waals surface area contributed by atoms with E-state index in [9.17, 15) is 0 Å². The average molecular weight is 238 g/mol. The summed E-state index contributed by atoms with van der Waals surface area (Å²) in [6.45, 7) is 6.42. The van der Waals surface area contributed by atoms with E-state index >= 15 is 0 Å². The van der Waals surface area contributed by atoms with Gasteiger partial charge in [0.15, 0.2) is 0 Å². The lowest BCUT2D eigenvalue weighted by Crippen LogP contribution is -2.28. The fraction of sp³-hybridized carbons (Fsp3) is 0.571. The summed E-state index contributed by atoms with van der Waals surface area (Å²) in [5, 5.41) is 0. The molecule has 90 valence electrons. The van der Waals surface area contributed by atoms with Gasteiger partial charge in [0.2, 0.25) is 0 Å². The van der Waals surface area contributed by atoms with Crippen molar-refractivity contribution in [1.29, 1.82) is 0 Å². The lowest BCUT2D eigenvalue weighted by molar-refractivity contribution is 0.0968. The standard InChI is InChI=1S/C14H23OP/c1-12-6-8-13(9-7-12)15-14(2,3)10-4-5-11-16/h6-9H,4-5,10-11,16H2,1-3H3. The molecule has 0 aliphatic carbocycles. The zero-order chi connectivity index (χ0) is 12.0. The molecule has 0 amide bonds. The average Bonchev–Trinajstić information content (AvgIpc) is 2.21. The molecule has 0 heterocycles. The van der Waals surface area contributed by atoms with Crippen LogP contribution in [-0.2, 0) is 0 Å². The van der Waals surface area contributed by atoms with Crippen LogP contribution >= 0.6 is 9.24 Å². The van der Waals surface area contributed by atoms with E-state index in [4.69, 9.17) is 4.74 Å². The molecule has 0 spiro atoms. The number of unbranched alkanes of at least 4 members (excludes halogenated alkanes) is 1. The van der Waals surface area contributed by atoms with Crippen molar-refractivity contribution in [2.45, 2.75) is 45.6 Å². The third-order valence-corrected chi connectivity index (χ3v) is 3.06. The molecule has 0 radical (unpaired) electrons. The van der Waals surface area contributed by atoms with Gasteiger partial charge in [-0.15, -0.1) is 9.24 Å². The Morgan fingerprint density at radius 3 is 2.31 bits per heavy atom. The van der Waals surface area contributed by atoms with Gasteiger partial charge in [-0.2, -0.15) is 0 Å². The van der Waals surface area contributed by atoms with Gasteiger partial charge in [-0.25, -0.2) is 0 Å². The molecule has 0 fully saturated rings. The van der Waals surface area contributed by atoms with Crippen LogP contribution < -0.4 is 4.74 Å². The first-order valence-electron chi connectivity index (χ1n) is 5.99. The van der Waals surface area contributed by atoms with Crippen LogP contribution in [0.15, 0.2) is 24.3 Å². The molecule has 1 aromatic rings. The lowest BCUT2D eigenvalue weighted by atomic mass is 10.0. The summed E-state index contributed by atoms with van der Waals surface area (Å²) in [5.74, 6) is 0.974. The molecule has 0 saturated heterocycles. The number of ether oxygens (including phenoxy) is 1. The zero-order valence-electron chi connectivity index (χ0n) is 10.6. The lowest BCUT2D eigenvalue weighted by Gasteiger charge is -2.26. The number of hydrogen-bond acceptors (Lipinski definition) is 1. The van der Waals surface area contributed by atoms with Gasteiger partial charge in [-0.3, -0.25) is 0 Å². The van der Waals surface area contributed by atoms with Crippen LogP contribution in [0.1, 0.15) is 38.7 Å². The van der Waals surface area contributed by atoms with Gasteiger partial charge >= 0.3 is 0 Å². The summed E-state index contributed by atoms with van der Waals surface area (Å²) in [6, 6.07) is 8.28. The second-order valence-electron chi connectivity index (χ2n) is 4.92. The van der Waals surface area contributed by atoms with Crippen molar-refractivity contribution < 1.29 is 4.74 Å². The van der Waals surface area contributed by atoms with Crippen LogP contribution in [0.5, 0.6) is 5.75 Å². The molecule has 1 unspecified atom stereocenters. The van der Waals surface area contributed by atoms with Gasteiger partial charge in [0, 0.05) is 0 Å². The molecular formula is C14H23OP. The maximum Gasteiger partial charge on any atom is 0.120 e. The van der Waals surface area contributed by atoms with E-state index in [0.717, 1.165) is 12.2 Å². The highest BCUT2D eigenvalue weighted by atomic mass is 31.0. The summed E-state index contributed by atoms with van der Waals surface area (Å²) in [5.41, 5.74) is 1.21. The van der Waals surface area contributed by atoms with Gasteiger partial charge in [-0.05, 0) is 58.3 Å². The topological polar surface area (TPSA) is 9.23 Å². The summed E-state index contributed by atoms with van der Waals surface area (Å²) < 4.78 is 6.00. The van der Waals surface area contributed by atoms with Crippen molar-refractivity contribution in [3.8, 4) is 5.75 Å². The summed E-state index contributed by atoms with van der Waals surface area (Å²) in [7, 11) is 2.77. The first-order valence-corrected chi connectivity index (χ1v) is 6.81. The van der Waals surface area contributed by atoms with Crippen LogP contribution in [0.25, 0.3) is 0 Å². The molecular weight excluding hydrogens is 215 g/mol. The van der Waals surface area contributed by atoms with Crippen LogP contribution in [0.4, 0.5) is 0 Å². The van der Waals surface area contributed by atoms with Crippen LogP contribution in [0.3, 0.4) is 0 Å². The molecule has 1 atom stereocenters. The Labute approximate surface area is 102 Å². The zero-order valence-corrected chi connectivity index (χ0v) is 11.8. The van der Waals surface area contributed by atoms with Crippen molar-refractivity contribution in [3.05, 3.63) is 29.8 Å². The fourth-order valence-electron chi connectivity index (χ4n) is 1.67. The maximum absolute atomic E-state index is 6.00. The van der Waals surface area contributed by atoms with E-state index in [1.807, 2.05) is 12.1 Å². The summed E-state index contributed by atoms with van der Waals surface area (Å²) in [4.78, 5) is 0. The summed E-state index contributed by atoms with van der Waals surface area (Å²) >= 11 is 0. The van der Waals surface area contributed by atoms with E-state index in [0.29, 0.717) is 0 Å². The van der Waals surface area contributed by atoms with Crippen molar-refractivity contribution in [1.82, 2.24) is 0 Å². The minimum absolute atomic E-state index is 0.0604. The van der Waals surface area contributed by atoms with E-state index in [-0.39, 0.29) is 5.60 Å². The normalized spacial score (nSPS) is 11.5. The van der Waals surface area contributed by atoms with Gasteiger partial charge in [0.1, 0.15) is 11.4 Å². The number of benzene rings is 1. The first-order chi connectivity index (χ1) is 7.53. The predicted octanol–water partition coefficient (Wildman–Crippen LogP) is 4.20. The van der Waals surface area contributed by atoms with Crippen molar-refractivity contribution >= 4 is 9.24 Å². The SMILES string of the molecule is Cc1ccc(OC(C)(C)CCCCP)cc1. The Morgan fingerprint density at radius 2 is 1.75 bits per heavy atom. The Hall–Kier alpha value is -0.550. The van der Waals surface area contributed by atoms with Crippen molar-refractivity contribution in [2.75, 3.05) is 6.16 Å². The Kier molecular flexibility index (Phi) is 5.28. The molecule has 16 heavy (non-hydrogen) atoms. The molecule has 0 N–H and O–H groups in total. The predicted molar refractivity (Wildman–Crippen MR) is 74.3 cm³/mol. The minimum atomic E-state index is -0.0604. The third kappa shape index (κ3) is 4.99. The molecule has 0 saturated carbocycles. The highest BCUT2D eigenvalue weighted by Gasteiger charge is 2.18. The van der Waals surface area contributed by atoms with Gasteiger partial charge < -0.3 is 4.74 Å². The van der Waals surface area contributed by atoms with Gasteiger partial charge in [0.25, 0.3) is 0 Å². The van der Waals surface area contributed by atoms with E-state index in [1.165, 1.54) is 24.6 Å². The fourth-order valence-corrected chi connectivity index (χ4v) is 1.96. The molecule has 1 aromatic carbocycles. The molecule has 0 bridgehead atoms. The van der Waals surface area contributed by atoms with E-state index < -0.39 is 0 Å². The van der Waals surface area contributed by atoms with Crippen LogP contribution in [0.2, 0.25) is 0 Å². The molecule has 1 nitrogen and oxygen atoms in total. The number of rotatable bonds is 6. The Morgan fingerprint density at radius 1 is 1.12 bits per heavy atom. The third-order valence-electron chi connectivity index (χ3n) is 2.65. The largest absolute Gasteiger partial charge is 0.488 e. The van der Waals surface area contributed by atoms with Gasteiger partial charge in [-0.1, -0.05) is 17.7 Å². The molecule has 0 aliphatic heterocycles. The van der Waals surface area contributed by atoms with Crippen LogP contribution in [-0.4, -0.2) is 11.8 Å². The molecule has 1 rings (SSSR count). The molecule has 0 aromatic heterocycles. The first kappa shape index (κ1) is 13.5. The Balaban J connectivity index is 2.48. The van der Waals surface area contributed by atoms with Crippen LogP contribution in [0, 0.1) is 6.92 Å². The second kappa shape index (κ2) is 6.25. The molecule has 0 aliphatic rings. The van der Waals surface area contributed by atoms with Gasteiger partial charge in [0.05, 0.1) is 0 Å². The van der Waals surface area contributed by atoms with E-state index in [2.05, 4.69) is 42.1 Å². The van der Waals surface area contributed by atoms with E-state index in [1.54, 1.807) is 0 Å². The smallest absolute Gasteiger partial charge is 0.120 e. The Bertz CT molecular complexity index is 303. The van der Waals surface area contributed by atoms with Crippen molar-refractivity contribution in [3.63, 3.8) is 0 Å². The highest BCUT2D eigenvalue weighted by Crippen LogP contribution is 2.23. The molecule has 2 heteroatoms. The summed E-state index contributed by atoms with van der Waals surface area (Å²) in [6.07, 6.45) is 4.77.